The minimum absolute atomic E-state index is 0.144. The monoisotopic (exact) mass is 344 g/mol. The van der Waals surface area contributed by atoms with E-state index >= 15 is 0 Å². The molecule has 0 bridgehead atoms. The summed E-state index contributed by atoms with van der Waals surface area (Å²) in [4.78, 5) is 36.5. The van der Waals surface area contributed by atoms with E-state index in [1.54, 1.807) is 29.4 Å². The number of amides is 2. The van der Waals surface area contributed by atoms with Gasteiger partial charge in [0.1, 0.15) is 6.04 Å². The Bertz CT molecular complexity index is 725. The maximum atomic E-state index is 12.7. The molecule has 1 N–H and O–H groups in total. The summed E-state index contributed by atoms with van der Waals surface area (Å²) < 4.78 is 0. The summed E-state index contributed by atoms with van der Waals surface area (Å²) in [6.07, 6.45) is 5.68. The predicted octanol–water partition coefficient (Wildman–Crippen LogP) is 2.79. The molecule has 1 saturated heterocycles. The summed E-state index contributed by atoms with van der Waals surface area (Å²) in [5, 5.41) is 3.46. The fourth-order valence-corrected chi connectivity index (χ4v) is 3.63. The largest absolute Gasteiger partial charge is 0.327 e. The van der Waals surface area contributed by atoms with Gasteiger partial charge >= 0.3 is 0 Å². The molecule has 0 aromatic carbocycles. The number of aromatic nitrogens is 2. The lowest BCUT2D eigenvalue weighted by Gasteiger charge is -2.34. The molecule has 3 rings (SSSR count). The first-order chi connectivity index (χ1) is 11.6. The van der Waals surface area contributed by atoms with E-state index in [4.69, 9.17) is 0 Å². The molecule has 7 heteroatoms. The zero-order chi connectivity index (χ0) is 17.1. The van der Waals surface area contributed by atoms with Gasteiger partial charge in [0.2, 0.25) is 5.91 Å². The predicted molar refractivity (Wildman–Crippen MR) is 93.1 cm³/mol. The first kappa shape index (κ1) is 16.6. The van der Waals surface area contributed by atoms with Crippen molar-refractivity contribution in [2.24, 2.45) is 0 Å². The van der Waals surface area contributed by atoms with E-state index in [0.717, 1.165) is 23.4 Å². The molecule has 0 radical (unpaired) electrons. The van der Waals surface area contributed by atoms with E-state index in [1.807, 2.05) is 13.8 Å². The zero-order valence-corrected chi connectivity index (χ0v) is 14.6. The van der Waals surface area contributed by atoms with E-state index in [1.165, 1.54) is 11.3 Å². The summed E-state index contributed by atoms with van der Waals surface area (Å²) in [7, 11) is 0. The molecule has 3 heterocycles. The Morgan fingerprint density at radius 2 is 2.17 bits per heavy atom. The molecule has 1 aliphatic heterocycles. The minimum Gasteiger partial charge on any atom is -0.327 e. The van der Waals surface area contributed by atoms with E-state index < -0.39 is 6.04 Å². The quantitative estimate of drug-likeness (QED) is 0.929. The molecule has 24 heavy (non-hydrogen) atoms. The summed E-state index contributed by atoms with van der Waals surface area (Å²) in [5.74, 6) is -0.310. The van der Waals surface area contributed by atoms with Crippen LogP contribution in [0.15, 0.2) is 24.5 Å². The lowest BCUT2D eigenvalue weighted by atomic mass is 10.0. The highest BCUT2D eigenvalue weighted by atomic mass is 32.1. The third-order valence-corrected chi connectivity index (χ3v) is 5.22. The van der Waals surface area contributed by atoms with Crippen LogP contribution in [0, 0.1) is 13.8 Å². The molecule has 126 valence electrons. The van der Waals surface area contributed by atoms with Gasteiger partial charge in [-0.05, 0) is 45.2 Å². The van der Waals surface area contributed by atoms with Crippen LogP contribution in [0.2, 0.25) is 0 Å². The molecular formula is C17H20N4O2S. The number of carbonyl (C=O) groups excluding carboxylic acids is 2. The van der Waals surface area contributed by atoms with Crippen LogP contribution in [0.4, 0.5) is 5.13 Å². The molecule has 0 saturated carbocycles. The molecule has 2 aromatic rings. The van der Waals surface area contributed by atoms with Crippen molar-refractivity contribution in [3.05, 3.63) is 40.7 Å². The first-order valence-corrected chi connectivity index (χ1v) is 8.84. The second-order valence-corrected chi connectivity index (χ2v) is 7.10. The van der Waals surface area contributed by atoms with Crippen LogP contribution >= 0.6 is 11.3 Å². The normalized spacial score (nSPS) is 17.6. The zero-order valence-electron chi connectivity index (χ0n) is 13.8. The van der Waals surface area contributed by atoms with Crippen LogP contribution in [0.5, 0.6) is 0 Å². The molecule has 0 spiro atoms. The van der Waals surface area contributed by atoms with Crippen molar-refractivity contribution in [2.75, 3.05) is 11.9 Å². The minimum atomic E-state index is -0.462. The first-order valence-electron chi connectivity index (χ1n) is 8.02. The molecule has 1 aliphatic rings. The van der Waals surface area contributed by atoms with Crippen LogP contribution in [0.1, 0.15) is 40.2 Å². The van der Waals surface area contributed by atoms with Crippen LogP contribution in [-0.2, 0) is 4.79 Å². The summed E-state index contributed by atoms with van der Waals surface area (Å²) in [6, 6.07) is 3.00. The van der Waals surface area contributed by atoms with Gasteiger partial charge < -0.3 is 10.2 Å². The number of piperidine rings is 1. The molecule has 2 amide bonds. The average Bonchev–Trinajstić information content (AvgIpc) is 2.92. The van der Waals surface area contributed by atoms with E-state index in [-0.39, 0.29) is 11.8 Å². The lowest BCUT2D eigenvalue weighted by Crippen LogP contribution is -2.50. The van der Waals surface area contributed by atoms with Gasteiger partial charge in [0, 0.05) is 23.8 Å². The van der Waals surface area contributed by atoms with Gasteiger partial charge in [-0.15, -0.1) is 11.3 Å². The topological polar surface area (TPSA) is 75.2 Å². The molecule has 1 atom stereocenters. The van der Waals surface area contributed by atoms with Crippen molar-refractivity contribution < 1.29 is 9.59 Å². The number of nitrogens with zero attached hydrogens (tertiary/aromatic N) is 3. The van der Waals surface area contributed by atoms with E-state index in [9.17, 15) is 9.59 Å². The Kier molecular flexibility index (Phi) is 4.89. The van der Waals surface area contributed by atoms with Crippen LogP contribution in [0.3, 0.4) is 0 Å². The Balaban J connectivity index is 1.76. The number of rotatable bonds is 3. The van der Waals surface area contributed by atoms with Gasteiger partial charge in [-0.2, -0.15) is 0 Å². The van der Waals surface area contributed by atoms with Crippen LogP contribution in [-0.4, -0.2) is 39.3 Å². The summed E-state index contributed by atoms with van der Waals surface area (Å²) >= 11 is 1.46. The average molecular weight is 344 g/mol. The Morgan fingerprint density at radius 3 is 2.83 bits per heavy atom. The second kappa shape index (κ2) is 7.09. The number of aryl methyl sites for hydroxylation is 2. The van der Waals surface area contributed by atoms with Gasteiger partial charge in [-0.1, -0.05) is 0 Å². The van der Waals surface area contributed by atoms with Crippen LogP contribution < -0.4 is 5.32 Å². The molecule has 2 aromatic heterocycles. The third kappa shape index (κ3) is 3.46. The highest BCUT2D eigenvalue weighted by Crippen LogP contribution is 2.24. The molecular weight excluding hydrogens is 324 g/mol. The number of nitrogens with one attached hydrogen (secondary N) is 1. The van der Waals surface area contributed by atoms with Gasteiger partial charge in [-0.25, -0.2) is 4.98 Å². The van der Waals surface area contributed by atoms with E-state index in [2.05, 4.69) is 15.3 Å². The number of hydrogen-bond donors (Lipinski definition) is 1. The van der Waals surface area contributed by atoms with E-state index in [0.29, 0.717) is 23.7 Å². The Labute approximate surface area is 144 Å². The fourth-order valence-electron chi connectivity index (χ4n) is 2.82. The molecule has 1 fully saturated rings. The highest BCUT2D eigenvalue weighted by Gasteiger charge is 2.33. The SMILES string of the molecule is Cc1nc(NC(=O)C2CCCCN2C(=O)c2cccnc2)sc1C. The number of anilines is 1. The van der Waals surface area contributed by atoms with Crippen molar-refractivity contribution in [2.45, 2.75) is 39.2 Å². The van der Waals surface area contributed by atoms with Crippen molar-refractivity contribution in [1.29, 1.82) is 0 Å². The van der Waals surface area contributed by atoms with Gasteiger partial charge in [-0.3, -0.25) is 14.6 Å². The van der Waals surface area contributed by atoms with Gasteiger partial charge in [0.25, 0.3) is 5.91 Å². The summed E-state index contributed by atoms with van der Waals surface area (Å²) in [5.41, 5.74) is 1.43. The number of thiazole rings is 1. The van der Waals surface area contributed by atoms with Crippen molar-refractivity contribution in [3.8, 4) is 0 Å². The fraction of sp³-hybridized carbons (Fsp3) is 0.412. The van der Waals surface area contributed by atoms with Gasteiger partial charge in [0.15, 0.2) is 5.13 Å². The van der Waals surface area contributed by atoms with Crippen LogP contribution in [0.25, 0.3) is 0 Å². The number of pyridine rings is 1. The smallest absolute Gasteiger partial charge is 0.256 e. The number of hydrogen-bond acceptors (Lipinski definition) is 5. The Morgan fingerprint density at radius 1 is 1.33 bits per heavy atom. The van der Waals surface area contributed by atoms with Gasteiger partial charge in [0.05, 0.1) is 11.3 Å². The second-order valence-electron chi connectivity index (χ2n) is 5.90. The maximum Gasteiger partial charge on any atom is 0.256 e. The standard InChI is InChI=1S/C17H20N4O2S/c1-11-12(2)24-17(19-11)20-15(22)14-7-3-4-9-21(14)16(23)13-6-5-8-18-10-13/h5-6,8,10,14H,3-4,7,9H2,1-2H3,(H,19,20,22). The highest BCUT2D eigenvalue weighted by molar-refractivity contribution is 7.15. The molecule has 0 aliphatic carbocycles. The summed E-state index contributed by atoms with van der Waals surface area (Å²) in [6.45, 7) is 4.48. The van der Waals surface area contributed by atoms with Crippen molar-refractivity contribution in [1.82, 2.24) is 14.9 Å². The molecule has 6 nitrogen and oxygen atoms in total. The molecule has 1 unspecified atom stereocenters. The van der Waals surface area contributed by atoms with Crippen molar-refractivity contribution >= 4 is 28.3 Å². The number of carbonyl (C=O) groups is 2. The Hall–Kier alpha value is -2.28. The number of likely N-dealkylation sites (tertiary alicyclic amines) is 1. The van der Waals surface area contributed by atoms with Crippen molar-refractivity contribution in [3.63, 3.8) is 0 Å². The third-order valence-electron chi connectivity index (χ3n) is 4.23. The lowest BCUT2D eigenvalue weighted by molar-refractivity contribution is -0.121. The maximum absolute atomic E-state index is 12.7.